The van der Waals surface area contributed by atoms with Crippen LogP contribution < -0.4 is 0 Å². The molecule has 0 aromatic carbocycles. The lowest BCUT2D eigenvalue weighted by Gasteiger charge is -2.55. The molecule has 0 amide bonds. The van der Waals surface area contributed by atoms with Crippen molar-refractivity contribution in [2.24, 2.45) is 22.7 Å². The smallest absolute Gasteiger partial charge is 0.145 e. The maximum absolute atomic E-state index is 12.8. The molecule has 108 valence electrons. The van der Waals surface area contributed by atoms with Gasteiger partial charge in [-0.25, -0.2) is 0 Å². The number of ether oxygens (including phenoxy) is 1. The van der Waals surface area contributed by atoms with Gasteiger partial charge in [0.2, 0.25) is 0 Å². The van der Waals surface area contributed by atoms with Gasteiger partial charge in [0, 0.05) is 24.9 Å². The first kappa shape index (κ1) is 14.7. The van der Waals surface area contributed by atoms with Crippen molar-refractivity contribution in [1.82, 2.24) is 0 Å². The van der Waals surface area contributed by atoms with Gasteiger partial charge >= 0.3 is 0 Å². The highest BCUT2D eigenvalue weighted by atomic mass is 16.5. The van der Waals surface area contributed by atoms with Crippen molar-refractivity contribution in [2.75, 3.05) is 6.61 Å². The van der Waals surface area contributed by atoms with Crippen LogP contribution in [0.4, 0.5) is 0 Å². The van der Waals surface area contributed by atoms with E-state index >= 15 is 0 Å². The lowest BCUT2D eigenvalue weighted by Crippen LogP contribution is -2.62. The molecule has 2 aliphatic rings. The van der Waals surface area contributed by atoms with Crippen molar-refractivity contribution < 1.29 is 14.3 Å². The Hall–Kier alpha value is -0.700. The average molecular weight is 266 g/mol. The Morgan fingerprint density at radius 3 is 2.47 bits per heavy atom. The summed E-state index contributed by atoms with van der Waals surface area (Å²) in [6.45, 7) is 10.7. The molecule has 0 aromatic heterocycles. The van der Waals surface area contributed by atoms with E-state index in [1.807, 2.05) is 20.8 Å². The molecule has 0 saturated heterocycles. The molecule has 2 rings (SSSR count). The molecule has 3 heteroatoms. The highest BCUT2D eigenvalue weighted by molar-refractivity contribution is 6.01. The zero-order chi connectivity index (χ0) is 14.4. The van der Waals surface area contributed by atoms with Crippen molar-refractivity contribution in [3.8, 4) is 0 Å². The number of hydrogen-bond donors (Lipinski definition) is 0. The molecule has 0 N–H and O–H groups in total. The molecular formula is C16H26O3. The first-order valence-electron chi connectivity index (χ1n) is 7.43. The van der Waals surface area contributed by atoms with Gasteiger partial charge in [0.1, 0.15) is 11.6 Å². The summed E-state index contributed by atoms with van der Waals surface area (Å²) in [7, 11) is 0. The largest absolute Gasteiger partial charge is 0.377 e. The predicted octanol–water partition coefficient (Wildman–Crippen LogP) is 3.01. The third kappa shape index (κ3) is 2.06. The monoisotopic (exact) mass is 266 g/mol. The second kappa shape index (κ2) is 4.69. The summed E-state index contributed by atoms with van der Waals surface area (Å²) in [5, 5.41) is 0. The van der Waals surface area contributed by atoms with Crippen LogP contribution in [0.5, 0.6) is 0 Å². The van der Waals surface area contributed by atoms with Gasteiger partial charge in [0.15, 0.2) is 0 Å². The van der Waals surface area contributed by atoms with E-state index in [9.17, 15) is 9.59 Å². The number of Topliss-reactive ketones (excluding diaryl/α,β-unsaturated/α-hetero) is 2. The maximum atomic E-state index is 12.8. The molecule has 0 aromatic rings. The standard InChI is InChI=1S/C16H26O3/c1-6-19-12-7-8-15(3,4)13-11(17)9-10(2)14(18)16(12,13)5/h10,12-13H,6-9H2,1-5H3/t10-,12+,13-,16+/m1/s1. The Bertz CT molecular complexity index is 399. The van der Waals surface area contributed by atoms with Crippen LogP contribution >= 0.6 is 0 Å². The van der Waals surface area contributed by atoms with Gasteiger partial charge in [-0.2, -0.15) is 0 Å². The van der Waals surface area contributed by atoms with Crippen molar-refractivity contribution >= 4 is 11.6 Å². The van der Waals surface area contributed by atoms with Crippen molar-refractivity contribution in [1.29, 1.82) is 0 Å². The quantitative estimate of drug-likeness (QED) is 0.771. The highest BCUT2D eigenvalue weighted by Crippen LogP contribution is 2.56. The lowest BCUT2D eigenvalue weighted by molar-refractivity contribution is -0.179. The van der Waals surface area contributed by atoms with Crippen LogP contribution in [0.15, 0.2) is 0 Å². The minimum atomic E-state index is -0.632. The van der Waals surface area contributed by atoms with E-state index in [0.717, 1.165) is 12.8 Å². The average Bonchev–Trinajstić information content (AvgIpc) is 2.30. The van der Waals surface area contributed by atoms with Gasteiger partial charge in [-0.3, -0.25) is 9.59 Å². The summed E-state index contributed by atoms with van der Waals surface area (Å²) in [5.74, 6) is 0.131. The minimum absolute atomic E-state index is 0.102. The predicted molar refractivity (Wildman–Crippen MR) is 73.8 cm³/mol. The number of rotatable bonds is 2. The minimum Gasteiger partial charge on any atom is -0.377 e. The van der Waals surface area contributed by atoms with E-state index in [1.54, 1.807) is 0 Å². The molecule has 4 atom stereocenters. The Morgan fingerprint density at radius 1 is 1.26 bits per heavy atom. The Labute approximate surface area is 116 Å². The summed E-state index contributed by atoms with van der Waals surface area (Å²) >= 11 is 0. The summed E-state index contributed by atoms with van der Waals surface area (Å²) in [4.78, 5) is 25.3. The molecular weight excluding hydrogens is 240 g/mol. The Kier molecular flexibility index (Phi) is 3.63. The molecule has 2 aliphatic carbocycles. The topological polar surface area (TPSA) is 43.4 Å². The fraction of sp³-hybridized carbons (Fsp3) is 0.875. The summed E-state index contributed by atoms with van der Waals surface area (Å²) < 4.78 is 5.84. The van der Waals surface area contributed by atoms with Gasteiger partial charge in [-0.15, -0.1) is 0 Å². The number of ketones is 2. The molecule has 0 heterocycles. The molecule has 0 bridgehead atoms. The zero-order valence-corrected chi connectivity index (χ0v) is 12.8. The van der Waals surface area contributed by atoms with E-state index in [1.165, 1.54) is 0 Å². The molecule has 0 unspecified atom stereocenters. The Balaban J connectivity index is 2.48. The first-order chi connectivity index (χ1) is 8.75. The van der Waals surface area contributed by atoms with Crippen LogP contribution in [0.1, 0.15) is 53.9 Å². The van der Waals surface area contributed by atoms with E-state index in [0.29, 0.717) is 13.0 Å². The van der Waals surface area contributed by atoms with Crippen LogP contribution in [-0.2, 0) is 14.3 Å². The summed E-state index contributed by atoms with van der Waals surface area (Å²) in [6.07, 6.45) is 2.13. The molecule has 0 radical (unpaired) electrons. The fourth-order valence-corrected chi connectivity index (χ4v) is 4.52. The Morgan fingerprint density at radius 2 is 1.89 bits per heavy atom. The summed E-state index contributed by atoms with van der Waals surface area (Å²) in [6, 6.07) is 0. The van der Waals surface area contributed by atoms with E-state index < -0.39 is 5.41 Å². The van der Waals surface area contributed by atoms with Gasteiger partial charge in [0.05, 0.1) is 11.5 Å². The van der Waals surface area contributed by atoms with Crippen LogP contribution in [0.2, 0.25) is 0 Å². The maximum Gasteiger partial charge on any atom is 0.145 e. The molecule has 0 spiro atoms. The van der Waals surface area contributed by atoms with Gasteiger partial charge < -0.3 is 4.74 Å². The van der Waals surface area contributed by atoms with Crippen LogP contribution in [0, 0.1) is 22.7 Å². The molecule has 0 aliphatic heterocycles. The van der Waals surface area contributed by atoms with Crippen LogP contribution in [0.25, 0.3) is 0 Å². The second-order valence-electron chi connectivity index (χ2n) is 7.12. The third-order valence-corrected chi connectivity index (χ3v) is 5.28. The van der Waals surface area contributed by atoms with E-state index in [-0.39, 0.29) is 34.9 Å². The van der Waals surface area contributed by atoms with Gasteiger partial charge in [-0.1, -0.05) is 20.8 Å². The first-order valence-corrected chi connectivity index (χ1v) is 7.43. The van der Waals surface area contributed by atoms with E-state index in [2.05, 4.69) is 13.8 Å². The third-order valence-electron chi connectivity index (χ3n) is 5.28. The molecule has 2 saturated carbocycles. The van der Waals surface area contributed by atoms with Crippen molar-refractivity contribution in [3.63, 3.8) is 0 Å². The van der Waals surface area contributed by atoms with Gasteiger partial charge in [0.25, 0.3) is 0 Å². The molecule has 19 heavy (non-hydrogen) atoms. The van der Waals surface area contributed by atoms with Crippen molar-refractivity contribution in [3.05, 3.63) is 0 Å². The van der Waals surface area contributed by atoms with E-state index in [4.69, 9.17) is 4.74 Å². The number of hydrogen-bond acceptors (Lipinski definition) is 3. The molecule has 2 fully saturated rings. The normalized spacial score (nSPS) is 42.1. The second-order valence-corrected chi connectivity index (χ2v) is 7.12. The van der Waals surface area contributed by atoms with Crippen LogP contribution in [0.3, 0.4) is 0 Å². The van der Waals surface area contributed by atoms with Gasteiger partial charge in [-0.05, 0) is 32.1 Å². The summed E-state index contributed by atoms with van der Waals surface area (Å²) in [5.41, 5.74) is -0.734. The zero-order valence-electron chi connectivity index (χ0n) is 12.8. The number of carbonyl (C=O) groups excluding carboxylic acids is 2. The number of fused-ring (bicyclic) bond motifs is 1. The number of carbonyl (C=O) groups is 2. The van der Waals surface area contributed by atoms with Crippen LogP contribution in [-0.4, -0.2) is 24.3 Å². The fourth-order valence-electron chi connectivity index (χ4n) is 4.52. The molecule has 3 nitrogen and oxygen atoms in total. The highest BCUT2D eigenvalue weighted by Gasteiger charge is 2.62. The SMILES string of the molecule is CCO[C@H]1CCC(C)(C)[C@H]2C(=O)C[C@@H](C)C(=O)[C@@]12C. The lowest BCUT2D eigenvalue weighted by atomic mass is 9.48. The van der Waals surface area contributed by atoms with Crippen molar-refractivity contribution in [2.45, 2.75) is 60.0 Å².